The van der Waals surface area contributed by atoms with E-state index in [2.05, 4.69) is 40.0 Å². The van der Waals surface area contributed by atoms with Crippen molar-refractivity contribution in [3.8, 4) is 5.75 Å². The fraction of sp³-hybridized carbons (Fsp3) is 0.600. The number of methoxy groups -OCH3 is 1. The van der Waals surface area contributed by atoms with Gasteiger partial charge in [-0.15, -0.1) is 0 Å². The zero-order chi connectivity index (χ0) is 13.7. The minimum Gasteiger partial charge on any atom is -0.497 e. The van der Waals surface area contributed by atoms with E-state index in [-0.39, 0.29) is 0 Å². The molecule has 0 unspecified atom stereocenters. The lowest BCUT2D eigenvalue weighted by Gasteiger charge is -2.27. The van der Waals surface area contributed by atoms with Gasteiger partial charge in [0, 0.05) is 30.8 Å². The lowest BCUT2D eigenvalue weighted by molar-refractivity contribution is 0.0549. The highest BCUT2D eigenvalue weighted by molar-refractivity contribution is 9.10. The Morgan fingerprint density at radius 2 is 2.11 bits per heavy atom. The van der Waals surface area contributed by atoms with E-state index >= 15 is 0 Å². The SMILES string of the molecule is COc1ccc(Br)c(CN(C)CC2CCOCC2)c1. The quantitative estimate of drug-likeness (QED) is 0.828. The van der Waals surface area contributed by atoms with Crippen LogP contribution in [-0.2, 0) is 11.3 Å². The molecule has 0 spiro atoms. The van der Waals surface area contributed by atoms with Gasteiger partial charge in [-0.1, -0.05) is 15.9 Å². The molecule has 0 bridgehead atoms. The van der Waals surface area contributed by atoms with Crippen LogP contribution in [0.15, 0.2) is 22.7 Å². The van der Waals surface area contributed by atoms with Gasteiger partial charge in [-0.2, -0.15) is 0 Å². The van der Waals surface area contributed by atoms with Gasteiger partial charge < -0.3 is 14.4 Å². The monoisotopic (exact) mass is 327 g/mol. The third-order valence-electron chi connectivity index (χ3n) is 3.60. The molecule has 19 heavy (non-hydrogen) atoms. The van der Waals surface area contributed by atoms with Crippen molar-refractivity contribution >= 4 is 15.9 Å². The minimum atomic E-state index is 0.767. The minimum absolute atomic E-state index is 0.767. The fourth-order valence-electron chi connectivity index (χ4n) is 2.52. The summed E-state index contributed by atoms with van der Waals surface area (Å²) < 4.78 is 11.8. The number of hydrogen-bond acceptors (Lipinski definition) is 3. The van der Waals surface area contributed by atoms with E-state index in [1.807, 2.05) is 6.07 Å². The number of halogens is 1. The van der Waals surface area contributed by atoms with E-state index in [4.69, 9.17) is 9.47 Å². The summed E-state index contributed by atoms with van der Waals surface area (Å²) in [6.07, 6.45) is 2.37. The molecule has 0 N–H and O–H groups in total. The van der Waals surface area contributed by atoms with E-state index in [0.29, 0.717) is 0 Å². The first kappa shape index (κ1) is 14.8. The maximum Gasteiger partial charge on any atom is 0.119 e. The lowest BCUT2D eigenvalue weighted by atomic mass is 10.00. The van der Waals surface area contributed by atoms with Crippen LogP contribution in [0.25, 0.3) is 0 Å². The van der Waals surface area contributed by atoms with Gasteiger partial charge in [-0.25, -0.2) is 0 Å². The van der Waals surface area contributed by atoms with Gasteiger partial charge in [0.1, 0.15) is 5.75 Å². The van der Waals surface area contributed by atoms with E-state index in [1.165, 1.54) is 18.4 Å². The highest BCUT2D eigenvalue weighted by Crippen LogP contribution is 2.24. The second-order valence-corrected chi connectivity index (χ2v) is 6.06. The van der Waals surface area contributed by atoms with Gasteiger partial charge in [0.25, 0.3) is 0 Å². The van der Waals surface area contributed by atoms with Crippen molar-refractivity contribution in [2.24, 2.45) is 5.92 Å². The van der Waals surface area contributed by atoms with Crippen LogP contribution < -0.4 is 4.74 Å². The van der Waals surface area contributed by atoms with Crippen molar-refractivity contribution in [3.63, 3.8) is 0 Å². The Morgan fingerprint density at radius 3 is 2.79 bits per heavy atom. The van der Waals surface area contributed by atoms with Crippen LogP contribution in [-0.4, -0.2) is 38.8 Å². The van der Waals surface area contributed by atoms with E-state index in [9.17, 15) is 0 Å². The molecule has 0 aromatic heterocycles. The van der Waals surface area contributed by atoms with Crippen LogP contribution in [0.1, 0.15) is 18.4 Å². The summed E-state index contributed by atoms with van der Waals surface area (Å²) in [5, 5.41) is 0. The Balaban J connectivity index is 1.92. The number of nitrogens with zero attached hydrogens (tertiary/aromatic N) is 1. The van der Waals surface area contributed by atoms with E-state index in [1.54, 1.807) is 7.11 Å². The number of rotatable bonds is 5. The van der Waals surface area contributed by atoms with Gasteiger partial charge >= 0.3 is 0 Å². The molecule has 0 aliphatic carbocycles. The van der Waals surface area contributed by atoms with Gasteiger partial charge in [0.2, 0.25) is 0 Å². The molecule has 1 fully saturated rings. The summed E-state index contributed by atoms with van der Waals surface area (Å²) in [4.78, 5) is 2.38. The number of benzene rings is 1. The molecule has 0 amide bonds. The topological polar surface area (TPSA) is 21.7 Å². The molecule has 0 radical (unpaired) electrons. The molecule has 1 aliphatic heterocycles. The fourth-order valence-corrected chi connectivity index (χ4v) is 2.90. The predicted octanol–water partition coefficient (Wildman–Crippen LogP) is 3.32. The molecule has 1 saturated heterocycles. The van der Waals surface area contributed by atoms with Crippen molar-refractivity contribution in [2.45, 2.75) is 19.4 Å². The highest BCUT2D eigenvalue weighted by Gasteiger charge is 2.16. The molecule has 0 atom stereocenters. The zero-order valence-corrected chi connectivity index (χ0v) is 13.3. The van der Waals surface area contributed by atoms with Gasteiger partial charge in [0.05, 0.1) is 7.11 Å². The Bertz CT molecular complexity index is 405. The predicted molar refractivity (Wildman–Crippen MR) is 80.6 cm³/mol. The first-order valence-corrected chi connectivity index (χ1v) is 7.57. The van der Waals surface area contributed by atoms with Gasteiger partial charge in [-0.3, -0.25) is 0 Å². The third-order valence-corrected chi connectivity index (χ3v) is 4.38. The number of ether oxygens (including phenoxy) is 2. The first-order valence-electron chi connectivity index (χ1n) is 6.77. The largest absolute Gasteiger partial charge is 0.497 e. The lowest BCUT2D eigenvalue weighted by Crippen LogP contribution is -2.29. The Labute approximate surface area is 124 Å². The van der Waals surface area contributed by atoms with Gasteiger partial charge in [-0.05, 0) is 49.6 Å². The molecular weight excluding hydrogens is 306 g/mol. The van der Waals surface area contributed by atoms with Crippen LogP contribution >= 0.6 is 15.9 Å². The van der Waals surface area contributed by atoms with Crippen molar-refractivity contribution in [2.75, 3.05) is 33.9 Å². The van der Waals surface area contributed by atoms with Gasteiger partial charge in [0.15, 0.2) is 0 Å². The smallest absolute Gasteiger partial charge is 0.119 e. The molecule has 0 saturated carbocycles. The standard InChI is InChI=1S/C15H22BrNO2/c1-17(10-12-5-7-19-8-6-12)11-13-9-14(18-2)3-4-15(13)16/h3-4,9,12H,5-8,10-11H2,1-2H3. The van der Waals surface area contributed by atoms with Crippen LogP contribution in [0.2, 0.25) is 0 Å². The summed E-state index contributed by atoms with van der Waals surface area (Å²) in [5.74, 6) is 1.68. The summed E-state index contributed by atoms with van der Waals surface area (Å²) in [5.41, 5.74) is 1.27. The van der Waals surface area contributed by atoms with Crippen molar-refractivity contribution in [1.29, 1.82) is 0 Å². The van der Waals surface area contributed by atoms with Crippen LogP contribution in [0.5, 0.6) is 5.75 Å². The van der Waals surface area contributed by atoms with Crippen molar-refractivity contribution < 1.29 is 9.47 Å². The second-order valence-electron chi connectivity index (χ2n) is 5.21. The molecule has 1 aromatic rings. The number of hydrogen-bond donors (Lipinski definition) is 0. The Kier molecular flexibility index (Phi) is 5.67. The summed E-state index contributed by atoms with van der Waals surface area (Å²) in [6, 6.07) is 6.13. The van der Waals surface area contributed by atoms with E-state index < -0.39 is 0 Å². The normalized spacial score (nSPS) is 16.8. The van der Waals surface area contributed by atoms with Crippen LogP contribution in [0, 0.1) is 5.92 Å². The summed E-state index contributed by atoms with van der Waals surface area (Å²) >= 11 is 3.61. The van der Waals surface area contributed by atoms with Crippen LogP contribution in [0.4, 0.5) is 0 Å². The average Bonchev–Trinajstić information content (AvgIpc) is 2.42. The first-order chi connectivity index (χ1) is 9.19. The van der Waals surface area contributed by atoms with Crippen molar-refractivity contribution in [3.05, 3.63) is 28.2 Å². The third kappa shape index (κ3) is 4.48. The summed E-state index contributed by atoms with van der Waals surface area (Å²) in [6.45, 7) is 3.91. The Hall–Kier alpha value is -0.580. The molecular formula is C15H22BrNO2. The molecule has 2 rings (SSSR count). The molecule has 1 aromatic carbocycles. The maximum absolute atomic E-state index is 5.41. The second kappa shape index (κ2) is 7.27. The van der Waals surface area contributed by atoms with Crippen LogP contribution in [0.3, 0.4) is 0 Å². The average molecular weight is 328 g/mol. The molecule has 106 valence electrons. The Morgan fingerprint density at radius 1 is 1.37 bits per heavy atom. The molecule has 1 heterocycles. The summed E-state index contributed by atoms with van der Waals surface area (Å²) in [7, 11) is 3.89. The molecule has 1 aliphatic rings. The molecule has 3 nitrogen and oxygen atoms in total. The van der Waals surface area contributed by atoms with E-state index in [0.717, 1.165) is 42.4 Å². The molecule has 4 heteroatoms. The van der Waals surface area contributed by atoms with Crippen molar-refractivity contribution in [1.82, 2.24) is 4.90 Å². The zero-order valence-electron chi connectivity index (χ0n) is 11.7. The highest BCUT2D eigenvalue weighted by atomic mass is 79.9. The maximum atomic E-state index is 5.41.